The van der Waals surface area contributed by atoms with Crippen molar-refractivity contribution in [3.05, 3.63) is 35.7 Å². The maximum Gasteiger partial charge on any atom is 0.328 e. The van der Waals surface area contributed by atoms with Crippen molar-refractivity contribution in [2.24, 2.45) is 0 Å². The Labute approximate surface area is 93.2 Å². The molecule has 0 spiro atoms. The van der Waals surface area contributed by atoms with Crippen LogP contribution in [0.15, 0.2) is 24.3 Å². The average Bonchev–Trinajstić information content (AvgIpc) is 2.25. The Morgan fingerprint density at radius 3 is 2.69 bits per heavy atom. The van der Waals surface area contributed by atoms with Crippen molar-refractivity contribution >= 4 is 11.5 Å². The number of halogens is 1. The van der Waals surface area contributed by atoms with Gasteiger partial charge in [0, 0.05) is 17.7 Å². The first-order valence-electron chi connectivity index (χ1n) is 4.86. The Balaban J connectivity index is 3.16. The molecular formula is C12H13FO3. The van der Waals surface area contributed by atoms with Crippen molar-refractivity contribution in [2.75, 3.05) is 7.11 Å². The third-order valence-corrected chi connectivity index (χ3v) is 2.20. The Hall–Kier alpha value is -1.84. The van der Waals surface area contributed by atoms with E-state index < -0.39 is 11.8 Å². The molecule has 0 fully saturated rings. The van der Waals surface area contributed by atoms with E-state index >= 15 is 0 Å². The maximum absolute atomic E-state index is 13.6. The summed E-state index contributed by atoms with van der Waals surface area (Å²) in [7, 11) is 1.45. The molecule has 0 radical (unpaired) electrons. The van der Waals surface area contributed by atoms with Crippen LogP contribution in [0.4, 0.5) is 4.39 Å². The number of carbonyl (C=O) groups is 1. The highest BCUT2D eigenvalue weighted by atomic mass is 19.1. The zero-order chi connectivity index (χ0) is 12.1. The number of hydrogen-bond donors (Lipinski definition) is 1. The molecule has 16 heavy (non-hydrogen) atoms. The minimum absolute atomic E-state index is 0.297. The molecule has 0 aliphatic heterocycles. The molecule has 1 aromatic carbocycles. The van der Waals surface area contributed by atoms with E-state index in [9.17, 15) is 9.18 Å². The third kappa shape index (κ3) is 2.82. The summed E-state index contributed by atoms with van der Waals surface area (Å²) >= 11 is 0. The van der Waals surface area contributed by atoms with Crippen LogP contribution in [0.1, 0.15) is 18.9 Å². The van der Waals surface area contributed by atoms with Crippen LogP contribution in [0.3, 0.4) is 0 Å². The highest BCUT2D eigenvalue weighted by molar-refractivity contribution is 5.90. The van der Waals surface area contributed by atoms with Gasteiger partial charge in [0.25, 0.3) is 0 Å². The largest absolute Gasteiger partial charge is 0.497 e. The van der Waals surface area contributed by atoms with Crippen LogP contribution in [0.25, 0.3) is 5.57 Å². The lowest BCUT2D eigenvalue weighted by atomic mass is 10.0. The highest BCUT2D eigenvalue weighted by Crippen LogP contribution is 2.24. The Morgan fingerprint density at radius 2 is 2.25 bits per heavy atom. The van der Waals surface area contributed by atoms with Crippen LogP contribution in [0.2, 0.25) is 0 Å². The zero-order valence-corrected chi connectivity index (χ0v) is 9.16. The molecule has 86 valence electrons. The second kappa shape index (κ2) is 5.30. The van der Waals surface area contributed by atoms with Gasteiger partial charge in [-0.25, -0.2) is 9.18 Å². The molecule has 1 N–H and O–H groups in total. The molecule has 1 rings (SSSR count). The number of ether oxygens (including phenoxy) is 1. The molecule has 0 aliphatic rings. The van der Waals surface area contributed by atoms with Crippen molar-refractivity contribution in [1.82, 2.24) is 0 Å². The fraction of sp³-hybridized carbons (Fsp3) is 0.250. The van der Waals surface area contributed by atoms with Crippen molar-refractivity contribution < 1.29 is 19.0 Å². The molecule has 0 heterocycles. The number of carboxylic acid groups (broad SMARTS) is 1. The molecule has 0 saturated heterocycles. The smallest absolute Gasteiger partial charge is 0.328 e. The van der Waals surface area contributed by atoms with E-state index in [4.69, 9.17) is 9.84 Å². The van der Waals surface area contributed by atoms with Crippen LogP contribution < -0.4 is 4.74 Å². The molecule has 0 aromatic heterocycles. The van der Waals surface area contributed by atoms with Gasteiger partial charge in [0.15, 0.2) is 0 Å². The van der Waals surface area contributed by atoms with E-state index in [2.05, 4.69) is 0 Å². The molecule has 0 bridgehead atoms. The van der Waals surface area contributed by atoms with Crippen molar-refractivity contribution in [2.45, 2.75) is 13.3 Å². The van der Waals surface area contributed by atoms with Crippen molar-refractivity contribution in [3.8, 4) is 5.75 Å². The number of hydrogen-bond acceptors (Lipinski definition) is 2. The van der Waals surface area contributed by atoms with E-state index in [1.807, 2.05) is 0 Å². The van der Waals surface area contributed by atoms with E-state index in [-0.39, 0.29) is 0 Å². The van der Waals surface area contributed by atoms with Crippen LogP contribution >= 0.6 is 0 Å². The number of aliphatic carboxylic acids is 1. The molecule has 1 aromatic rings. The van der Waals surface area contributed by atoms with Crippen LogP contribution in [-0.2, 0) is 4.79 Å². The number of allylic oxidation sites excluding steroid dienone is 1. The van der Waals surface area contributed by atoms with Crippen molar-refractivity contribution in [1.29, 1.82) is 0 Å². The van der Waals surface area contributed by atoms with Gasteiger partial charge < -0.3 is 9.84 Å². The Morgan fingerprint density at radius 1 is 1.56 bits per heavy atom. The van der Waals surface area contributed by atoms with Gasteiger partial charge in [0.2, 0.25) is 0 Å². The topological polar surface area (TPSA) is 46.5 Å². The summed E-state index contributed by atoms with van der Waals surface area (Å²) in [6.45, 7) is 1.78. The predicted molar refractivity (Wildman–Crippen MR) is 58.9 cm³/mol. The summed E-state index contributed by atoms with van der Waals surface area (Å²) in [6.07, 6.45) is 1.47. The molecule has 3 nitrogen and oxygen atoms in total. The zero-order valence-electron chi connectivity index (χ0n) is 9.16. The lowest BCUT2D eigenvalue weighted by Crippen LogP contribution is -1.95. The van der Waals surface area contributed by atoms with Crippen molar-refractivity contribution in [3.63, 3.8) is 0 Å². The normalized spacial score (nSPS) is 11.3. The van der Waals surface area contributed by atoms with Crippen LogP contribution in [0.5, 0.6) is 5.75 Å². The summed E-state index contributed by atoms with van der Waals surface area (Å²) in [5, 5.41) is 8.64. The third-order valence-electron chi connectivity index (χ3n) is 2.20. The number of methoxy groups -OCH3 is 1. The van der Waals surface area contributed by atoms with E-state index in [0.29, 0.717) is 23.3 Å². The second-order valence-electron chi connectivity index (χ2n) is 3.21. The molecular weight excluding hydrogens is 211 g/mol. The first-order valence-corrected chi connectivity index (χ1v) is 4.86. The fourth-order valence-corrected chi connectivity index (χ4v) is 1.40. The Kier molecular flexibility index (Phi) is 4.05. The number of rotatable bonds is 4. The quantitative estimate of drug-likeness (QED) is 0.800. The summed E-state index contributed by atoms with van der Waals surface area (Å²) in [4.78, 5) is 10.6. The van der Waals surface area contributed by atoms with Gasteiger partial charge >= 0.3 is 5.97 Å². The molecule has 0 unspecified atom stereocenters. The minimum atomic E-state index is -1.08. The minimum Gasteiger partial charge on any atom is -0.497 e. The van der Waals surface area contributed by atoms with Gasteiger partial charge in [-0.3, -0.25) is 0 Å². The summed E-state index contributed by atoms with van der Waals surface area (Å²) in [6, 6.07) is 4.36. The van der Waals surface area contributed by atoms with Crippen LogP contribution in [-0.4, -0.2) is 18.2 Å². The predicted octanol–water partition coefficient (Wildman–Crippen LogP) is 2.71. The standard InChI is InChI=1S/C12H13FO3/c1-3-8(6-12(14)15)10-5-4-9(16-2)7-11(10)13/h4-7H,3H2,1-2H3,(H,14,15)/b8-6+. The lowest BCUT2D eigenvalue weighted by Gasteiger charge is -2.07. The second-order valence-corrected chi connectivity index (χ2v) is 3.21. The number of carboxylic acids is 1. The summed E-state index contributed by atoms with van der Waals surface area (Å²) in [5.74, 6) is -1.15. The monoisotopic (exact) mass is 224 g/mol. The fourth-order valence-electron chi connectivity index (χ4n) is 1.40. The van der Waals surface area contributed by atoms with Gasteiger partial charge in [0.1, 0.15) is 11.6 Å². The van der Waals surface area contributed by atoms with Gasteiger partial charge in [-0.15, -0.1) is 0 Å². The summed E-state index contributed by atoms with van der Waals surface area (Å²) < 4.78 is 18.5. The number of benzene rings is 1. The molecule has 4 heteroatoms. The van der Waals surface area contributed by atoms with Gasteiger partial charge in [-0.2, -0.15) is 0 Å². The maximum atomic E-state index is 13.6. The van der Waals surface area contributed by atoms with Gasteiger partial charge in [-0.05, 0) is 24.1 Å². The molecule has 0 aliphatic carbocycles. The van der Waals surface area contributed by atoms with E-state index in [0.717, 1.165) is 6.08 Å². The van der Waals surface area contributed by atoms with Gasteiger partial charge in [0.05, 0.1) is 7.11 Å². The molecule has 0 saturated carbocycles. The summed E-state index contributed by atoms with van der Waals surface area (Å²) in [5.41, 5.74) is 0.748. The SMILES string of the molecule is CC/C(=C\C(=O)O)c1ccc(OC)cc1F. The van der Waals surface area contributed by atoms with Crippen LogP contribution in [0, 0.1) is 5.82 Å². The molecule has 0 amide bonds. The van der Waals surface area contributed by atoms with E-state index in [1.54, 1.807) is 13.0 Å². The first kappa shape index (κ1) is 12.2. The van der Waals surface area contributed by atoms with E-state index in [1.165, 1.54) is 19.2 Å². The lowest BCUT2D eigenvalue weighted by molar-refractivity contribution is -0.131. The van der Waals surface area contributed by atoms with Gasteiger partial charge in [-0.1, -0.05) is 6.92 Å². The molecule has 0 atom stereocenters. The average molecular weight is 224 g/mol. The highest BCUT2D eigenvalue weighted by Gasteiger charge is 2.09. The Bertz CT molecular complexity index is 424. The first-order chi connectivity index (χ1) is 7.58.